The van der Waals surface area contributed by atoms with Crippen LogP contribution in [0.1, 0.15) is 52.9 Å². The molecule has 0 rings (SSSR count). The van der Waals surface area contributed by atoms with Crippen LogP contribution in [-0.2, 0) is 6.15 Å². The van der Waals surface area contributed by atoms with Gasteiger partial charge >= 0.3 is 92.6 Å². The first kappa shape index (κ1) is 13.6. The first-order valence-corrected chi connectivity index (χ1v) is 7.80. The summed E-state index contributed by atoms with van der Waals surface area (Å²) in [6.45, 7) is 7.56. The zero-order valence-corrected chi connectivity index (χ0v) is 12.4. The number of hydrogen-bond acceptors (Lipinski definition) is 2. The van der Waals surface area contributed by atoms with Gasteiger partial charge in [-0.3, -0.25) is 0 Å². The van der Waals surface area contributed by atoms with Gasteiger partial charge in [0.05, 0.1) is 0 Å². The molecule has 0 atom stereocenters. The first-order chi connectivity index (χ1) is 6.06. The Morgan fingerprint density at radius 2 is 1.69 bits per heavy atom. The topological polar surface area (TPSA) is 26.3 Å². The Bertz CT molecular complexity index is 129. The van der Waals surface area contributed by atoms with Gasteiger partial charge in [0.1, 0.15) is 0 Å². The summed E-state index contributed by atoms with van der Waals surface area (Å²) in [5.74, 6) is 0. The molecular formula is C10H22O2Sn. The van der Waals surface area contributed by atoms with Crippen LogP contribution in [0.2, 0.25) is 0 Å². The fourth-order valence-corrected chi connectivity index (χ4v) is 1.99. The predicted octanol–water partition coefficient (Wildman–Crippen LogP) is 2.70. The quantitative estimate of drug-likeness (QED) is 0.533. The molecule has 0 aromatic rings. The van der Waals surface area contributed by atoms with Crippen molar-refractivity contribution in [3.05, 3.63) is 0 Å². The molecule has 0 N–H and O–H groups in total. The predicted molar refractivity (Wildman–Crippen MR) is 56.3 cm³/mol. The second-order valence-electron chi connectivity index (χ2n) is 4.69. The Balaban J connectivity index is 3.04. The maximum atomic E-state index is 10.1. The van der Waals surface area contributed by atoms with E-state index >= 15 is 0 Å². The molecule has 0 fully saturated rings. The Kier molecular flexibility index (Phi) is 8.26. The third-order valence-electron chi connectivity index (χ3n) is 2.01. The number of rotatable bonds is 7. The van der Waals surface area contributed by atoms with E-state index in [1.165, 1.54) is 25.7 Å². The average molecular weight is 293 g/mol. The van der Waals surface area contributed by atoms with Crippen molar-refractivity contribution >= 4 is 21.5 Å². The normalized spacial score (nSPS) is 11.6. The molecule has 0 amide bonds. The summed E-state index contributed by atoms with van der Waals surface area (Å²) >= 11 is -1.77. The van der Waals surface area contributed by atoms with Crippen molar-refractivity contribution in [3.8, 4) is 0 Å². The Hall–Kier alpha value is 0.559. The maximum absolute atomic E-state index is 10.1. The Morgan fingerprint density at radius 3 is 2.23 bits per heavy atom. The van der Waals surface area contributed by atoms with Crippen molar-refractivity contribution in [3.63, 3.8) is 0 Å². The van der Waals surface area contributed by atoms with E-state index in [0.717, 1.165) is 13.0 Å². The van der Waals surface area contributed by atoms with Gasteiger partial charge in [-0.25, -0.2) is 0 Å². The molecule has 0 saturated carbocycles. The van der Waals surface area contributed by atoms with E-state index in [1.807, 2.05) is 0 Å². The van der Waals surface area contributed by atoms with E-state index < -0.39 is 21.5 Å². The summed E-state index contributed by atoms with van der Waals surface area (Å²) in [7, 11) is 0. The summed E-state index contributed by atoms with van der Waals surface area (Å²) in [5.41, 5.74) is 0.473. The Labute approximate surface area is 92.6 Å². The van der Waals surface area contributed by atoms with Crippen LogP contribution in [0.4, 0.5) is 0 Å². The van der Waals surface area contributed by atoms with E-state index in [1.54, 1.807) is 0 Å². The molecule has 0 aliphatic carbocycles. The minimum atomic E-state index is -1.77. The summed E-state index contributed by atoms with van der Waals surface area (Å²) in [6, 6.07) is 0. The van der Waals surface area contributed by atoms with Gasteiger partial charge in [0.15, 0.2) is 0 Å². The zero-order chi connectivity index (χ0) is 10.2. The molecule has 0 aliphatic heterocycles. The van der Waals surface area contributed by atoms with Crippen molar-refractivity contribution in [1.29, 1.82) is 0 Å². The molecule has 0 radical (unpaired) electrons. The van der Waals surface area contributed by atoms with Gasteiger partial charge in [-0.05, 0) is 0 Å². The van der Waals surface area contributed by atoms with Crippen molar-refractivity contribution < 1.29 is 6.15 Å². The van der Waals surface area contributed by atoms with Gasteiger partial charge < -0.3 is 0 Å². The van der Waals surface area contributed by atoms with E-state index in [0.29, 0.717) is 5.41 Å². The summed E-state index contributed by atoms with van der Waals surface area (Å²) in [4.78, 5) is 0. The second kappa shape index (κ2) is 7.92. The molecule has 0 spiro atoms. The van der Waals surface area contributed by atoms with Gasteiger partial charge in [-0.15, -0.1) is 0 Å². The van der Waals surface area contributed by atoms with Crippen LogP contribution in [0, 0.1) is 5.41 Å². The van der Waals surface area contributed by atoms with Crippen LogP contribution < -0.4 is 0 Å². The van der Waals surface area contributed by atoms with Crippen LogP contribution in [-0.4, -0.2) is 28.1 Å². The van der Waals surface area contributed by atoms with Gasteiger partial charge in [0.25, 0.3) is 0 Å². The number of unbranched alkanes of at least 4 members (excludes halogenated alkanes) is 3. The molecule has 0 saturated heterocycles. The van der Waals surface area contributed by atoms with Crippen LogP contribution in [0.5, 0.6) is 0 Å². The second-order valence-corrected chi connectivity index (χ2v) is 6.19. The van der Waals surface area contributed by atoms with E-state index in [-0.39, 0.29) is 0 Å². The third-order valence-corrected chi connectivity index (χ3v) is 3.07. The van der Waals surface area contributed by atoms with Crippen molar-refractivity contribution in [2.45, 2.75) is 52.9 Å². The molecule has 78 valence electrons. The van der Waals surface area contributed by atoms with Crippen LogP contribution in [0.3, 0.4) is 0 Å². The molecular weight excluding hydrogens is 271 g/mol. The molecule has 0 heterocycles. The van der Waals surface area contributed by atoms with Crippen LogP contribution >= 0.6 is 0 Å². The Morgan fingerprint density at radius 1 is 1.08 bits per heavy atom. The molecule has 0 aromatic heterocycles. The summed E-state index contributed by atoms with van der Waals surface area (Å²) in [6.07, 6.45) is 6.19. The van der Waals surface area contributed by atoms with Gasteiger partial charge in [-0.2, -0.15) is 0 Å². The summed E-state index contributed by atoms with van der Waals surface area (Å²) < 4.78 is 15.0. The van der Waals surface area contributed by atoms with E-state index in [2.05, 4.69) is 20.8 Å². The molecule has 3 heteroatoms. The molecule has 0 bridgehead atoms. The van der Waals surface area contributed by atoms with E-state index in [9.17, 15) is 3.08 Å². The minimum absolute atomic E-state index is 0.473. The van der Waals surface area contributed by atoms with Crippen LogP contribution in [0.25, 0.3) is 0 Å². The van der Waals surface area contributed by atoms with Crippen LogP contribution in [0.15, 0.2) is 0 Å². The fourth-order valence-electron chi connectivity index (χ4n) is 1.24. The molecule has 0 unspecified atom stereocenters. The average Bonchev–Trinajstić information content (AvgIpc) is 2.01. The molecule has 0 aromatic carbocycles. The van der Waals surface area contributed by atoms with Crippen molar-refractivity contribution in [1.82, 2.24) is 0 Å². The molecule has 2 nitrogen and oxygen atoms in total. The molecule has 0 aliphatic rings. The molecule has 13 heavy (non-hydrogen) atoms. The summed E-state index contributed by atoms with van der Waals surface area (Å²) in [5, 5.41) is 0. The zero-order valence-electron chi connectivity index (χ0n) is 9.14. The van der Waals surface area contributed by atoms with Crippen molar-refractivity contribution in [2.24, 2.45) is 5.41 Å². The van der Waals surface area contributed by atoms with Gasteiger partial charge in [-0.1, -0.05) is 0 Å². The monoisotopic (exact) mass is 294 g/mol. The van der Waals surface area contributed by atoms with Gasteiger partial charge in [0, 0.05) is 0 Å². The fraction of sp³-hybridized carbons (Fsp3) is 1.00. The first-order valence-electron chi connectivity index (χ1n) is 5.11. The third kappa shape index (κ3) is 12.6. The number of hydrogen-bond donors (Lipinski definition) is 0. The standard InChI is InChI=1S/C10H21O.O.Sn.H/c1-10(2,3)8-6-4-5-7-9-11;;;/h4-9H2,1-3H3;;;/q-1;;+1;. The van der Waals surface area contributed by atoms with E-state index in [4.69, 9.17) is 3.07 Å². The van der Waals surface area contributed by atoms with Gasteiger partial charge in [0.2, 0.25) is 0 Å². The van der Waals surface area contributed by atoms with Crippen molar-refractivity contribution in [2.75, 3.05) is 6.61 Å². The SMILES string of the molecule is CC(C)(C)CCCCCC[O][SnH]=[O].